The Kier molecular flexibility index (Phi) is 2.01. The van der Waals surface area contributed by atoms with Crippen LogP contribution in [0, 0.1) is 10.8 Å². The largest absolute Gasteiger partial charge is 0.310 e. The molecule has 0 fully saturated rings. The predicted octanol–water partition coefficient (Wildman–Crippen LogP) is 13.7. The Balaban J connectivity index is 1.91. The molecule has 1 nitrogen and oxygen atoms in total. The van der Waals surface area contributed by atoms with E-state index in [0.29, 0.717) is 41.3 Å². The first kappa shape index (κ1) is 9.22. The van der Waals surface area contributed by atoms with Crippen LogP contribution in [0.25, 0.3) is 22.3 Å². The Morgan fingerprint density at radius 3 is 1.14 bits per heavy atom. The van der Waals surface area contributed by atoms with E-state index < -0.39 is 237 Å². The Morgan fingerprint density at radius 1 is 0.388 bits per heavy atom. The first-order valence-corrected chi connectivity index (χ1v) is 14.4. The fourth-order valence-corrected chi connectivity index (χ4v) is 6.25. The first-order chi connectivity index (χ1) is 42.0. The first-order valence-electron chi connectivity index (χ1n) is 37.4. The summed E-state index contributed by atoms with van der Waals surface area (Å²) in [5.41, 5.74) is -41.2. The quantitative estimate of drug-likeness (QED) is 0.177. The third kappa shape index (κ3) is 4.57. The molecule has 0 N–H and O–H groups in total. The summed E-state index contributed by atoms with van der Waals surface area (Å²) in [7, 11) is 0. The van der Waals surface area contributed by atoms with Gasteiger partial charge in [0.2, 0.25) is 0 Å². The molecule has 5 aromatic carbocycles. The van der Waals surface area contributed by atoms with Gasteiger partial charge in [0.15, 0.2) is 0 Å². The second-order valence-corrected chi connectivity index (χ2v) is 12.1. The fraction of sp³-hybridized carbons (Fsp3) is 0.375. The average Bonchev–Trinajstić information content (AvgIpc) is 1.48. The topological polar surface area (TPSA) is 3.24 Å². The van der Waals surface area contributed by atoms with E-state index in [0.717, 1.165) is 18.2 Å². The summed E-state index contributed by atoms with van der Waals surface area (Å²) in [4.78, 5) is 0.406. The van der Waals surface area contributed by atoms with Crippen molar-refractivity contribution in [3.05, 3.63) is 137 Å². The molecule has 1 heteroatoms. The van der Waals surface area contributed by atoms with Crippen molar-refractivity contribution in [3.8, 4) is 22.3 Å². The summed E-state index contributed by atoms with van der Waals surface area (Å²) < 4.78 is 411. The molecule has 0 atom stereocenters. The van der Waals surface area contributed by atoms with Gasteiger partial charge in [-0.3, -0.25) is 0 Å². The molecule has 7 rings (SSSR count). The lowest BCUT2D eigenvalue weighted by molar-refractivity contribution is 0.125. The number of hydrogen-bond acceptors (Lipinski definition) is 1. The number of fused-ring (bicyclic) bond motifs is 2. The van der Waals surface area contributed by atoms with Crippen LogP contribution >= 0.6 is 0 Å². The van der Waals surface area contributed by atoms with Gasteiger partial charge in [-0.25, -0.2) is 0 Å². The fourth-order valence-electron chi connectivity index (χ4n) is 6.25. The molecule has 0 saturated heterocycles. The van der Waals surface area contributed by atoms with Crippen molar-refractivity contribution < 1.29 is 63.1 Å². The maximum absolute atomic E-state index is 9.18. The van der Waals surface area contributed by atoms with Gasteiger partial charge in [-0.1, -0.05) is 155 Å². The van der Waals surface area contributed by atoms with Gasteiger partial charge in [-0.05, 0) is 119 Å². The van der Waals surface area contributed by atoms with Crippen LogP contribution in [-0.2, 0) is 21.7 Å². The summed E-state index contributed by atoms with van der Waals surface area (Å²) in [5.74, 6) is 0. The molecule has 0 radical (unpaired) electrons. The van der Waals surface area contributed by atoms with Crippen molar-refractivity contribution in [3.63, 3.8) is 0 Å². The van der Waals surface area contributed by atoms with Gasteiger partial charge in [-0.15, -0.1) is 0 Å². The minimum Gasteiger partial charge on any atom is -0.310 e. The van der Waals surface area contributed by atoms with Gasteiger partial charge in [0.25, 0.3) is 0 Å². The SMILES string of the molecule is [2H]c1c([2H])c([2H])c(N(c2cc(-c3ccc4c(c3)C(C([2H])([2H])[2H])(C([2H])([2H])[2H])C(C([2H])([2H])[2H])(C([2H])([2H])[2H])C4(C([2H])([2H])[2H])C([2H])([2H])[2H])cc(-c3ccc4c(c3)C(C([2H])([2H])[2H])(C([2H])([2H])[2H])C(C([2H])([2H])[2H])(C([2H])([2H])[2H])C4(C([2H])([2H])[2H])C([2H])([2H])[2H])c2)c2c([2H])c([2H])c([2H])c([2H])c2[2H])c([2H])c1[2H]. The summed E-state index contributed by atoms with van der Waals surface area (Å²) in [6.45, 7) is -56.2. The van der Waals surface area contributed by atoms with E-state index in [9.17, 15) is 5.48 Å². The third-order valence-corrected chi connectivity index (χ3v) is 9.17. The number of rotatable bonds is 5. The molecule has 0 bridgehead atoms. The molecule has 5 aromatic rings. The second kappa shape index (κ2) is 10.7. The van der Waals surface area contributed by atoms with Crippen LogP contribution in [0.4, 0.5) is 17.1 Å². The zero-order chi connectivity index (χ0) is 74.1. The van der Waals surface area contributed by atoms with E-state index >= 15 is 0 Å². The highest BCUT2D eigenvalue weighted by molar-refractivity contribution is 5.85. The molecule has 0 heterocycles. The van der Waals surface area contributed by atoms with Crippen molar-refractivity contribution in [2.45, 2.75) is 104 Å². The van der Waals surface area contributed by atoms with Crippen molar-refractivity contribution in [1.82, 2.24) is 0 Å². The van der Waals surface area contributed by atoms with Crippen LogP contribution in [0.5, 0.6) is 0 Å². The van der Waals surface area contributed by atoms with Crippen molar-refractivity contribution >= 4 is 17.1 Å². The van der Waals surface area contributed by atoms with Crippen LogP contribution < -0.4 is 4.90 Å². The highest BCUT2D eigenvalue weighted by atomic mass is 15.1. The molecule has 0 amide bonds. The minimum atomic E-state index is -4.99. The summed E-state index contributed by atoms with van der Waals surface area (Å²) in [6, 6.07) is -6.93. The van der Waals surface area contributed by atoms with Gasteiger partial charge in [-0.2, -0.15) is 0 Å². The lowest BCUT2D eigenvalue weighted by Crippen LogP contribution is -2.42. The van der Waals surface area contributed by atoms with Gasteiger partial charge in [0.05, 0.1) is 13.7 Å². The molecule has 2 aliphatic rings. The average molecular weight is 692 g/mol. The van der Waals surface area contributed by atoms with Gasteiger partial charge in [0.1, 0.15) is 0 Å². The maximum atomic E-state index is 9.18. The Hall–Kier alpha value is -4.10. The van der Waals surface area contributed by atoms with Crippen LogP contribution in [0.3, 0.4) is 0 Å². The zero-order valence-corrected chi connectivity index (χ0v) is 25.1. The molecule has 0 aliphatic heterocycles. The van der Waals surface area contributed by atoms with Gasteiger partial charge in [0, 0.05) is 66.4 Å². The normalized spacial score (nSPS) is 36.8. The van der Waals surface area contributed by atoms with Crippen molar-refractivity contribution in [2.75, 3.05) is 4.90 Å². The second-order valence-electron chi connectivity index (χ2n) is 12.1. The lowest BCUT2D eigenvalue weighted by atomic mass is 9.59. The number of anilines is 3. The maximum Gasteiger partial charge on any atom is 0.0645 e. The molecule has 0 unspecified atom stereocenters. The van der Waals surface area contributed by atoms with Gasteiger partial charge < -0.3 is 4.90 Å². The smallest absolute Gasteiger partial charge is 0.0645 e. The Morgan fingerprint density at radius 2 is 0.776 bits per heavy atom. The van der Waals surface area contributed by atoms with Gasteiger partial charge >= 0.3 is 0 Å². The summed E-state index contributed by atoms with van der Waals surface area (Å²) >= 11 is 0. The minimum absolute atomic E-state index is 0.362. The highest BCUT2D eigenvalue weighted by Gasteiger charge is 2.57. The third-order valence-electron chi connectivity index (χ3n) is 9.17. The molecule has 252 valence electrons. The standard InChI is InChI=1S/C48H55N/c1-43(2)39-25-23-32(30-41(39)45(5,6)47(43,9)10)34-27-35(33-24-26-40-42(31-33)46(7,8)48(11,12)44(40,3)4)29-38(28-34)49(36-19-15-13-16-20-36)37-21-17-14-18-22-37/h13-31H,1-12H3/i1D3,2D3,3D3,4D3,5D3,6D3,7D3,8D3,9D3,10D3,11D3,12D3,13D,14D,15D,16D,17D,18D,19D,20D,21D,22D. The predicted molar refractivity (Wildman–Crippen MR) is 212 cm³/mol. The van der Waals surface area contributed by atoms with Crippen LogP contribution in [0.1, 0.15) is 168 Å². The molecular weight excluding hydrogens is 591 g/mol. The summed E-state index contributed by atoms with van der Waals surface area (Å²) in [5, 5.41) is 0. The number of nitrogens with zero attached hydrogens (tertiary/aromatic N) is 1. The molecule has 49 heavy (non-hydrogen) atoms. The van der Waals surface area contributed by atoms with E-state index in [1.54, 1.807) is 0 Å². The number of hydrogen-bond donors (Lipinski definition) is 0. The van der Waals surface area contributed by atoms with Crippen LogP contribution in [0.2, 0.25) is 0 Å². The monoisotopic (exact) mass is 692 g/mol. The van der Waals surface area contributed by atoms with E-state index in [4.69, 9.17) is 57.6 Å². The van der Waals surface area contributed by atoms with E-state index in [1.807, 2.05) is 0 Å². The highest BCUT2D eigenvalue weighted by Crippen LogP contribution is 2.63. The van der Waals surface area contributed by atoms with E-state index in [1.165, 1.54) is 0 Å². The molecule has 0 aromatic heterocycles. The Labute approximate surface area is 361 Å². The zero-order valence-electron chi connectivity index (χ0n) is 71.1. The van der Waals surface area contributed by atoms with Crippen LogP contribution in [-0.4, -0.2) is 0 Å². The molecule has 0 spiro atoms. The van der Waals surface area contributed by atoms with E-state index in [-0.39, 0.29) is 0 Å². The van der Waals surface area contributed by atoms with E-state index in [2.05, 4.69) is 0 Å². The molecule has 0 saturated carbocycles. The molecular formula is C48H55N. The molecule has 2 aliphatic carbocycles. The Bertz CT molecular complexity index is 3520. The van der Waals surface area contributed by atoms with Crippen molar-refractivity contribution in [2.24, 2.45) is 10.8 Å². The number of para-hydroxylation sites is 2. The number of benzene rings is 5. The lowest BCUT2D eigenvalue weighted by Gasteiger charge is -2.44. The van der Waals surface area contributed by atoms with Crippen LogP contribution in [0.15, 0.2) is 115 Å². The van der Waals surface area contributed by atoms with Crippen molar-refractivity contribution in [1.29, 1.82) is 0 Å². The summed E-state index contributed by atoms with van der Waals surface area (Å²) in [6.07, 6.45) is 0.